The van der Waals surface area contributed by atoms with Crippen molar-refractivity contribution in [1.82, 2.24) is 4.98 Å². The molecule has 0 aliphatic heterocycles. The lowest BCUT2D eigenvalue weighted by atomic mass is 10.1. The molecule has 1 aromatic rings. The molecule has 0 aliphatic carbocycles. The van der Waals surface area contributed by atoms with Crippen LogP contribution in [0.2, 0.25) is 0 Å². The summed E-state index contributed by atoms with van der Waals surface area (Å²) in [5, 5.41) is 0. The van der Waals surface area contributed by atoms with Crippen molar-refractivity contribution >= 4 is 27.5 Å². The lowest BCUT2D eigenvalue weighted by Crippen LogP contribution is -2.01. The molecular formula is C9H8BrNO2. The maximum absolute atomic E-state index is 11.0. The number of Topliss-reactive ketones (excluding diaryl/α,β-unsaturated/α-hetero) is 2. The number of nitrogens with zero attached hydrogens (tertiary/aromatic N) is 1. The van der Waals surface area contributed by atoms with Gasteiger partial charge < -0.3 is 0 Å². The predicted molar refractivity (Wildman–Crippen MR) is 51.9 cm³/mol. The van der Waals surface area contributed by atoms with Crippen molar-refractivity contribution in [2.75, 3.05) is 0 Å². The normalized spacial score (nSPS) is 9.77. The number of hydrogen-bond acceptors (Lipinski definition) is 3. The van der Waals surface area contributed by atoms with Crippen LogP contribution in [-0.2, 0) is 0 Å². The van der Waals surface area contributed by atoms with E-state index in [-0.39, 0.29) is 11.6 Å². The first-order chi connectivity index (χ1) is 6.00. The summed E-state index contributed by atoms with van der Waals surface area (Å²) in [5.74, 6) is -0.227. The van der Waals surface area contributed by atoms with Crippen LogP contribution in [0, 0.1) is 0 Å². The highest BCUT2D eigenvalue weighted by Gasteiger charge is 2.07. The average Bonchev–Trinajstić information content (AvgIpc) is 2.03. The van der Waals surface area contributed by atoms with Gasteiger partial charge in [0, 0.05) is 12.5 Å². The second-order valence-corrected chi connectivity index (χ2v) is 3.49. The summed E-state index contributed by atoms with van der Waals surface area (Å²) in [6.45, 7) is 2.87. The molecule has 0 aromatic carbocycles. The van der Waals surface area contributed by atoms with Crippen molar-refractivity contribution in [3.63, 3.8) is 0 Å². The number of rotatable bonds is 2. The minimum atomic E-state index is -0.149. The Morgan fingerprint density at radius 3 is 2.31 bits per heavy atom. The van der Waals surface area contributed by atoms with Crippen LogP contribution in [-0.4, -0.2) is 16.6 Å². The lowest BCUT2D eigenvalue weighted by molar-refractivity contribution is 0.101. The Morgan fingerprint density at radius 2 is 1.85 bits per heavy atom. The fraction of sp³-hybridized carbons (Fsp3) is 0.222. The van der Waals surface area contributed by atoms with E-state index in [4.69, 9.17) is 0 Å². The van der Waals surface area contributed by atoms with E-state index < -0.39 is 0 Å². The molecule has 3 nitrogen and oxygen atoms in total. The Hall–Kier alpha value is -1.03. The van der Waals surface area contributed by atoms with E-state index in [9.17, 15) is 9.59 Å². The van der Waals surface area contributed by atoms with Crippen LogP contribution in [0.3, 0.4) is 0 Å². The number of carbonyl (C=O) groups is 2. The molecule has 0 N–H and O–H groups in total. The van der Waals surface area contributed by atoms with Gasteiger partial charge in [0.25, 0.3) is 0 Å². The fourth-order valence-electron chi connectivity index (χ4n) is 0.881. The van der Waals surface area contributed by atoms with Gasteiger partial charge >= 0.3 is 0 Å². The third kappa shape index (κ3) is 2.45. The Labute approximate surface area is 84.3 Å². The zero-order valence-electron chi connectivity index (χ0n) is 7.30. The number of halogens is 1. The van der Waals surface area contributed by atoms with Crippen LogP contribution in [0.25, 0.3) is 0 Å². The van der Waals surface area contributed by atoms with E-state index >= 15 is 0 Å². The molecule has 0 spiro atoms. The standard InChI is InChI=1S/C9H8BrNO2/c1-5(12)7-3-8(6(2)13)11-9(10)4-7/h3-4H,1-2H3. The fourth-order valence-corrected chi connectivity index (χ4v) is 1.32. The van der Waals surface area contributed by atoms with E-state index in [0.29, 0.717) is 15.9 Å². The third-order valence-corrected chi connectivity index (χ3v) is 1.97. The minimum Gasteiger partial charge on any atom is -0.295 e. The summed E-state index contributed by atoms with van der Waals surface area (Å²) in [7, 11) is 0. The second kappa shape index (κ2) is 3.79. The molecule has 0 unspecified atom stereocenters. The molecule has 1 aromatic heterocycles. The van der Waals surface area contributed by atoms with Gasteiger partial charge in [-0.3, -0.25) is 9.59 Å². The first-order valence-corrected chi connectivity index (χ1v) is 4.49. The van der Waals surface area contributed by atoms with Gasteiger partial charge in [0.15, 0.2) is 11.6 Å². The zero-order chi connectivity index (χ0) is 10.0. The highest BCUT2D eigenvalue weighted by Crippen LogP contribution is 2.12. The number of pyridine rings is 1. The Morgan fingerprint density at radius 1 is 1.23 bits per heavy atom. The molecule has 0 bridgehead atoms. The van der Waals surface area contributed by atoms with Gasteiger partial charge in [-0.15, -0.1) is 0 Å². The van der Waals surface area contributed by atoms with Gasteiger partial charge in [-0.25, -0.2) is 4.98 Å². The highest BCUT2D eigenvalue weighted by molar-refractivity contribution is 9.10. The molecule has 0 atom stereocenters. The van der Waals surface area contributed by atoms with Gasteiger partial charge in [-0.05, 0) is 35.0 Å². The van der Waals surface area contributed by atoms with Crippen molar-refractivity contribution in [1.29, 1.82) is 0 Å². The molecule has 4 heteroatoms. The second-order valence-electron chi connectivity index (χ2n) is 2.68. The Kier molecular flexibility index (Phi) is 2.93. The summed E-state index contributed by atoms with van der Waals surface area (Å²) in [4.78, 5) is 25.9. The Bertz CT molecular complexity index is 342. The number of hydrogen-bond donors (Lipinski definition) is 0. The largest absolute Gasteiger partial charge is 0.295 e. The summed E-state index contributed by atoms with van der Waals surface area (Å²) in [6, 6.07) is 3.09. The molecule has 1 rings (SSSR count). The van der Waals surface area contributed by atoms with Crippen LogP contribution in [0.1, 0.15) is 34.7 Å². The van der Waals surface area contributed by atoms with Crippen molar-refractivity contribution in [3.05, 3.63) is 28.0 Å². The van der Waals surface area contributed by atoms with E-state index in [1.54, 1.807) is 6.07 Å². The van der Waals surface area contributed by atoms with Crippen molar-refractivity contribution in [2.24, 2.45) is 0 Å². The molecule has 0 radical (unpaired) electrons. The number of ketones is 2. The maximum Gasteiger partial charge on any atom is 0.178 e. The first-order valence-electron chi connectivity index (χ1n) is 3.70. The van der Waals surface area contributed by atoms with Gasteiger partial charge in [-0.1, -0.05) is 0 Å². The SMILES string of the molecule is CC(=O)c1cc(Br)nc(C(C)=O)c1. The smallest absolute Gasteiger partial charge is 0.178 e. The average molecular weight is 242 g/mol. The minimum absolute atomic E-state index is 0.0781. The molecule has 13 heavy (non-hydrogen) atoms. The highest BCUT2D eigenvalue weighted by atomic mass is 79.9. The van der Waals surface area contributed by atoms with E-state index in [0.717, 1.165) is 0 Å². The van der Waals surface area contributed by atoms with Crippen LogP contribution < -0.4 is 0 Å². The molecule has 68 valence electrons. The van der Waals surface area contributed by atoms with Crippen molar-refractivity contribution in [3.8, 4) is 0 Å². The molecule has 1 heterocycles. The number of carbonyl (C=O) groups excluding carboxylic acids is 2. The molecule has 0 saturated heterocycles. The summed E-state index contributed by atoms with van der Waals surface area (Å²) in [6.07, 6.45) is 0. The van der Waals surface area contributed by atoms with Crippen LogP contribution in [0.15, 0.2) is 16.7 Å². The lowest BCUT2D eigenvalue weighted by Gasteiger charge is -1.99. The quantitative estimate of drug-likeness (QED) is 0.590. The van der Waals surface area contributed by atoms with Crippen molar-refractivity contribution in [2.45, 2.75) is 13.8 Å². The third-order valence-electron chi connectivity index (χ3n) is 1.56. The summed E-state index contributed by atoms with van der Waals surface area (Å²) >= 11 is 3.13. The predicted octanol–water partition coefficient (Wildman–Crippen LogP) is 2.25. The summed E-state index contributed by atoms with van der Waals surface area (Å²) < 4.78 is 0.505. The molecule has 0 aliphatic rings. The van der Waals surface area contributed by atoms with E-state index in [1.807, 2.05) is 0 Å². The molecular weight excluding hydrogens is 234 g/mol. The Balaban J connectivity index is 3.26. The van der Waals surface area contributed by atoms with Crippen LogP contribution in [0.4, 0.5) is 0 Å². The summed E-state index contributed by atoms with van der Waals surface area (Å²) in [5.41, 5.74) is 0.798. The molecule has 0 amide bonds. The number of aromatic nitrogens is 1. The maximum atomic E-state index is 11.0. The molecule has 0 fully saturated rings. The first kappa shape index (κ1) is 10.1. The van der Waals surface area contributed by atoms with Gasteiger partial charge in [0.1, 0.15) is 10.3 Å². The van der Waals surface area contributed by atoms with Crippen LogP contribution >= 0.6 is 15.9 Å². The van der Waals surface area contributed by atoms with Crippen LogP contribution in [0.5, 0.6) is 0 Å². The molecule has 0 saturated carbocycles. The zero-order valence-corrected chi connectivity index (χ0v) is 8.88. The topological polar surface area (TPSA) is 47.0 Å². The monoisotopic (exact) mass is 241 g/mol. The van der Waals surface area contributed by atoms with Gasteiger partial charge in [0.05, 0.1) is 0 Å². The van der Waals surface area contributed by atoms with Crippen molar-refractivity contribution < 1.29 is 9.59 Å². The van der Waals surface area contributed by atoms with E-state index in [1.165, 1.54) is 19.9 Å². The van der Waals surface area contributed by atoms with E-state index in [2.05, 4.69) is 20.9 Å². The van der Waals surface area contributed by atoms with Gasteiger partial charge in [0.2, 0.25) is 0 Å². The van der Waals surface area contributed by atoms with Gasteiger partial charge in [-0.2, -0.15) is 0 Å².